The minimum absolute atomic E-state index is 0.00419. The molecule has 0 aliphatic carbocycles. The predicted molar refractivity (Wildman–Crippen MR) is 120 cm³/mol. The quantitative estimate of drug-likeness (QED) is 0.594. The molecule has 166 valence electrons. The van der Waals surface area contributed by atoms with Gasteiger partial charge in [0.15, 0.2) is 15.5 Å². The number of esters is 1. The summed E-state index contributed by atoms with van der Waals surface area (Å²) < 4.78 is 30.4. The lowest BCUT2D eigenvalue weighted by Gasteiger charge is -2.13. The number of ether oxygens (including phenoxy) is 1. The summed E-state index contributed by atoms with van der Waals surface area (Å²) in [4.78, 5) is 24.7. The Bertz CT molecular complexity index is 1280. The molecule has 1 atom stereocenters. The van der Waals surface area contributed by atoms with E-state index in [9.17, 15) is 18.0 Å². The van der Waals surface area contributed by atoms with Crippen molar-refractivity contribution < 1.29 is 22.7 Å². The lowest BCUT2D eigenvalue weighted by atomic mass is 10.1. The Balaban J connectivity index is 1.67. The first-order chi connectivity index (χ1) is 15.3. The molecule has 2 heterocycles. The number of nitrogens with one attached hydrogen (secondary N) is 1. The molecule has 32 heavy (non-hydrogen) atoms. The molecule has 4 rings (SSSR count). The van der Waals surface area contributed by atoms with Gasteiger partial charge in [0.05, 0.1) is 35.9 Å². The molecule has 0 radical (unpaired) electrons. The number of methoxy groups -OCH3 is 1. The summed E-state index contributed by atoms with van der Waals surface area (Å²) >= 11 is 0. The lowest BCUT2D eigenvalue weighted by molar-refractivity contribution is 0.0600. The first-order valence-electron chi connectivity index (χ1n) is 10.1. The third kappa shape index (κ3) is 4.57. The molecule has 8 nitrogen and oxygen atoms in total. The molecule has 1 saturated heterocycles. The molecule has 0 bridgehead atoms. The van der Waals surface area contributed by atoms with E-state index < -0.39 is 21.7 Å². The van der Waals surface area contributed by atoms with Crippen molar-refractivity contribution in [3.63, 3.8) is 0 Å². The minimum Gasteiger partial charge on any atom is -0.465 e. The normalized spacial score (nSPS) is 17.1. The molecule has 1 N–H and O–H groups in total. The number of aromatic nitrogens is 2. The van der Waals surface area contributed by atoms with Gasteiger partial charge >= 0.3 is 5.97 Å². The molecular weight excluding hydrogens is 430 g/mol. The number of anilines is 1. The van der Waals surface area contributed by atoms with Crippen LogP contribution < -0.4 is 5.32 Å². The summed E-state index contributed by atoms with van der Waals surface area (Å²) in [5.41, 5.74) is 3.51. The molecule has 9 heteroatoms. The van der Waals surface area contributed by atoms with Crippen LogP contribution in [0.25, 0.3) is 11.3 Å². The van der Waals surface area contributed by atoms with Gasteiger partial charge in [0, 0.05) is 5.69 Å². The van der Waals surface area contributed by atoms with Crippen molar-refractivity contribution in [1.29, 1.82) is 0 Å². The SMILES string of the molecule is COC(=O)c1cccc(NC(=O)c2cc(-c3ccc(C)cc3)n([C@H]3CCS(=O)(=O)C3)n2)c1. The van der Waals surface area contributed by atoms with Crippen molar-refractivity contribution in [2.75, 3.05) is 23.9 Å². The fourth-order valence-corrected chi connectivity index (χ4v) is 5.42. The maximum absolute atomic E-state index is 12.9. The second kappa shape index (κ2) is 8.58. The zero-order valence-electron chi connectivity index (χ0n) is 17.7. The van der Waals surface area contributed by atoms with Crippen LogP contribution in [0.5, 0.6) is 0 Å². The first kappa shape index (κ1) is 21.8. The van der Waals surface area contributed by atoms with Crippen LogP contribution in [0, 0.1) is 6.92 Å². The van der Waals surface area contributed by atoms with Crippen molar-refractivity contribution in [1.82, 2.24) is 9.78 Å². The highest BCUT2D eigenvalue weighted by atomic mass is 32.2. The second-order valence-corrected chi connectivity index (χ2v) is 10.0. The van der Waals surface area contributed by atoms with Crippen molar-refractivity contribution in [3.05, 3.63) is 71.4 Å². The van der Waals surface area contributed by atoms with E-state index in [1.165, 1.54) is 13.2 Å². The van der Waals surface area contributed by atoms with E-state index in [-0.39, 0.29) is 23.2 Å². The van der Waals surface area contributed by atoms with E-state index >= 15 is 0 Å². The van der Waals surface area contributed by atoms with Crippen LogP contribution >= 0.6 is 0 Å². The van der Waals surface area contributed by atoms with Crippen molar-refractivity contribution in [2.45, 2.75) is 19.4 Å². The molecular formula is C23H23N3O5S. The summed E-state index contributed by atoms with van der Waals surface area (Å²) in [5, 5.41) is 7.22. The van der Waals surface area contributed by atoms with Gasteiger partial charge in [-0.1, -0.05) is 35.9 Å². The molecule has 1 aliphatic rings. The topological polar surface area (TPSA) is 107 Å². The number of carbonyl (C=O) groups is 2. The third-order valence-electron chi connectivity index (χ3n) is 5.41. The van der Waals surface area contributed by atoms with Gasteiger partial charge in [0.25, 0.3) is 5.91 Å². The zero-order chi connectivity index (χ0) is 22.9. The van der Waals surface area contributed by atoms with E-state index in [0.29, 0.717) is 23.4 Å². The Morgan fingerprint density at radius 2 is 1.88 bits per heavy atom. The van der Waals surface area contributed by atoms with E-state index in [2.05, 4.69) is 10.4 Å². The number of rotatable bonds is 5. The highest BCUT2D eigenvalue weighted by molar-refractivity contribution is 7.91. The summed E-state index contributed by atoms with van der Waals surface area (Å²) in [6.07, 6.45) is 0.450. The summed E-state index contributed by atoms with van der Waals surface area (Å²) in [6.45, 7) is 1.98. The maximum atomic E-state index is 12.9. The molecule has 0 unspecified atom stereocenters. The Morgan fingerprint density at radius 1 is 1.12 bits per heavy atom. The molecule has 1 aromatic heterocycles. The van der Waals surface area contributed by atoms with Gasteiger partial charge in [-0.15, -0.1) is 0 Å². The number of hydrogen-bond acceptors (Lipinski definition) is 6. The average molecular weight is 454 g/mol. The summed E-state index contributed by atoms with van der Waals surface area (Å²) in [7, 11) is -1.84. The zero-order valence-corrected chi connectivity index (χ0v) is 18.6. The highest BCUT2D eigenvalue weighted by Crippen LogP contribution is 2.30. The molecule has 1 fully saturated rings. The lowest BCUT2D eigenvalue weighted by Crippen LogP contribution is -2.16. The van der Waals surface area contributed by atoms with E-state index in [4.69, 9.17) is 4.74 Å². The molecule has 1 amide bonds. The van der Waals surface area contributed by atoms with Crippen molar-refractivity contribution in [2.24, 2.45) is 0 Å². The Kier molecular flexibility index (Phi) is 5.84. The third-order valence-corrected chi connectivity index (χ3v) is 7.16. The number of amides is 1. The standard InChI is InChI=1S/C23H23N3O5S/c1-15-6-8-16(9-7-15)21-13-20(25-26(21)19-10-11-32(29,30)14-19)22(27)24-18-5-3-4-17(12-18)23(28)31-2/h3-9,12-13,19H,10-11,14H2,1-2H3,(H,24,27)/t19-/m0/s1. The number of hydrogen-bond donors (Lipinski definition) is 1. The van der Waals surface area contributed by atoms with Crippen LogP contribution in [0.2, 0.25) is 0 Å². The number of sulfone groups is 1. The van der Waals surface area contributed by atoms with Gasteiger partial charge in [-0.2, -0.15) is 5.10 Å². The Morgan fingerprint density at radius 3 is 2.53 bits per heavy atom. The number of carbonyl (C=O) groups excluding carboxylic acids is 2. The molecule has 0 spiro atoms. The van der Waals surface area contributed by atoms with E-state index in [1.807, 2.05) is 31.2 Å². The summed E-state index contributed by atoms with van der Waals surface area (Å²) in [5.74, 6) is -0.864. The number of benzene rings is 2. The van der Waals surface area contributed by atoms with Crippen LogP contribution in [0.3, 0.4) is 0 Å². The summed E-state index contributed by atoms with van der Waals surface area (Å²) in [6, 6.07) is 15.5. The smallest absolute Gasteiger partial charge is 0.337 e. The maximum Gasteiger partial charge on any atom is 0.337 e. The fourth-order valence-electron chi connectivity index (χ4n) is 3.73. The second-order valence-electron chi connectivity index (χ2n) is 7.81. The molecule has 3 aromatic rings. The fraction of sp³-hybridized carbons (Fsp3) is 0.261. The van der Waals surface area contributed by atoms with Crippen molar-refractivity contribution >= 4 is 27.4 Å². The first-order valence-corrected chi connectivity index (χ1v) is 11.9. The van der Waals surface area contributed by atoms with Crippen LogP contribution in [0.1, 0.15) is 38.9 Å². The van der Waals surface area contributed by atoms with Gasteiger partial charge in [-0.05, 0) is 43.2 Å². The Hall–Kier alpha value is -3.46. The van der Waals surface area contributed by atoms with Gasteiger partial charge in [-0.25, -0.2) is 13.2 Å². The largest absolute Gasteiger partial charge is 0.465 e. The van der Waals surface area contributed by atoms with Gasteiger partial charge in [0.1, 0.15) is 0 Å². The number of nitrogens with zero attached hydrogens (tertiary/aromatic N) is 2. The predicted octanol–water partition coefficient (Wildman–Crippen LogP) is 3.26. The highest BCUT2D eigenvalue weighted by Gasteiger charge is 2.32. The van der Waals surface area contributed by atoms with Gasteiger partial charge < -0.3 is 10.1 Å². The van der Waals surface area contributed by atoms with Crippen LogP contribution in [-0.2, 0) is 14.6 Å². The monoisotopic (exact) mass is 453 g/mol. The van der Waals surface area contributed by atoms with Gasteiger partial charge in [-0.3, -0.25) is 9.48 Å². The van der Waals surface area contributed by atoms with Crippen LogP contribution in [0.4, 0.5) is 5.69 Å². The van der Waals surface area contributed by atoms with Crippen LogP contribution in [0.15, 0.2) is 54.6 Å². The average Bonchev–Trinajstić information content (AvgIpc) is 3.37. The number of aryl methyl sites for hydroxylation is 1. The van der Waals surface area contributed by atoms with Crippen molar-refractivity contribution in [3.8, 4) is 11.3 Å². The molecule has 0 saturated carbocycles. The van der Waals surface area contributed by atoms with Crippen LogP contribution in [-0.4, -0.2) is 48.7 Å². The molecule has 1 aliphatic heterocycles. The van der Waals surface area contributed by atoms with Gasteiger partial charge in [0.2, 0.25) is 0 Å². The molecule has 2 aromatic carbocycles. The van der Waals surface area contributed by atoms with E-state index in [0.717, 1.165) is 11.1 Å². The Labute approximate surface area is 186 Å². The minimum atomic E-state index is -3.13. The van der Waals surface area contributed by atoms with E-state index in [1.54, 1.807) is 28.9 Å².